The molecule has 0 amide bonds. The second-order valence-corrected chi connectivity index (χ2v) is 3.19. The topological polar surface area (TPSA) is 78.9 Å². The molecular weight excluding hydrogens is 194 g/mol. The van der Waals surface area contributed by atoms with Gasteiger partial charge in [-0.1, -0.05) is 6.92 Å². The lowest BCUT2D eigenvalue weighted by atomic mass is 10.3. The number of aromatic nitrogens is 3. The fourth-order valence-corrected chi connectivity index (χ4v) is 1.38. The molecule has 0 spiro atoms. The van der Waals surface area contributed by atoms with Crippen LogP contribution < -0.4 is 5.56 Å². The number of nitrogens with zero attached hydrogens (tertiary/aromatic N) is 2. The van der Waals surface area contributed by atoms with Gasteiger partial charge >= 0.3 is 0 Å². The monoisotopic (exact) mass is 205 g/mol. The number of hydrogen-bond acceptors (Lipinski definition) is 4. The van der Waals surface area contributed by atoms with Crippen molar-refractivity contribution in [1.82, 2.24) is 15.0 Å². The van der Waals surface area contributed by atoms with Gasteiger partial charge in [0.25, 0.3) is 5.56 Å². The first kappa shape index (κ1) is 9.79. The van der Waals surface area contributed by atoms with Gasteiger partial charge in [0, 0.05) is 0 Å². The maximum Gasteiger partial charge on any atom is 0.271 e. The van der Waals surface area contributed by atoms with E-state index in [1.165, 1.54) is 0 Å². The highest BCUT2D eigenvalue weighted by Gasteiger charge is 2.04. The summed E-state index contributed by atoms with van der Waals surface area (Å²) in [4.78, 5) is 22.3. The number of aromatic amines is 1. The third-order valence-corrected chi connectivity index (χ3v) is 2.18. The summed E-state index contributed by atoms with van der Waals surface area (Å²) >= 11 is 0. The molecule has 0 radical (unpaired) electrons. The van der Waals surface area contributed by atoms with Crippen LogP contribution >= 0.6 is 0 Å². The van der Waals surface area contributed by atoms with Crippen LogP contribution in [0.1, 0.15) is 18.3 Å². The molecule has 0 saturated heterocycles. The molecule has 0 aliphatic carbocycles. The minimum absolute atomic E-state index is 0.145. The maximum atomic E-state index is 11.4. The van der Waals surface area contributed by atoms with Crippen LogP contribution in [0.25, 0.3) is 11.2 Å². The van der Waals surface area contributed by atoms with Crippen LogP contribution in [0, 0.1) is 0 Å². The van der Waals surface area contributed by atoms with Gasteiger partial charge in [0.1, 0.15) is 11.2 Å². The van der Waals surface area contributed by atoms with Gasteiger partial charge in [-0.25, -0.2) is 9.97 Å². The molecule has 2 N–H and O–H groups in total. The van der Waals surface area contributed by atoms with Gasteiger partial charge in [-0.2, -0.15) is 0 Å². The normalized spacial score (nSPS) is 10.8. The summed E-state index contributed by atoms with van der Waals surface area (Å²) in [7, 11) is 0. The highest BCUT2D eigenvalue weighted by molar-refractivity contribution is 5.69. The SMILES string of the molecule is CCc1nc2ccc(CO)nc2[nH]c1=O. The van der Waals surface area contributed by atoms with Crippen LogP contribution in [0.3, 0.4) is 0 Å². The molecule has 0 aliphatic rings. The summed E-state index contributed by atoms with van der Waals surface area (Å²) < 4.78 is 0. The largest absolute Gasteiger partial charge is 0.390 e. The van der Waals surface area contributed by atoms with Crippen molar-refractivity contribution in [3.05, 3.63) is 33.9 Å². The van der Waals surface area contributed by atoms with Gasteiger partial charge in [-0.3, -0.25) is 4.79 Å². The summed E-state index contributed by atoms with van der Waals surface area (Å²) in [5, 5.41) is 8.89. The zero-order valence-corrected chi connectivity index (χ0v) is 8.32. The van der Waals surface area contributed by atoms with E-state index in [-0.39, 0.29) is 12.2 Å². The molecule has 0 aromatic carbocycles. The summed E-state index contributed by atoms with van der Waals surface area (Å²) in [5.41, 5.74) is 1.87. The van der Waals surface area contributed by atoms with Crippen LogP contribution in [0.2, 0.25) is 0 Å². The fourth-order valence-electron chi connectivity index (χ4n) is 1.38. The molecule has 0 atom stereocenters. The minimum atomic E-state index is -0.215. The average molecular weight is 205 g/mol. The summed E-state index contributed by atoms with van der Waals surface area (Å²) in [6, 6.07) is 3.43. The van der Waals surface area contributed by atoms with Gasteiger partial charge in [-0.05, 0) is 18.6 Å². The van der Waals surface area contributed by atoms with Crippen molar-refractivity contribution >= 4 is 11.2 Å². The second-order valence-electron chi connectivity index (χ2n) is 3.19. The minimum Gasteiger partial charge on any atom is -0.390 e. The number of aryl methyl sites for hydroxylation is 1. The van der Waals surface area contributed by atoms with E-state index >= 15 is 0 Å². The lowest BCUT2D eigenvalue weighted by molar-refractivity contribution is 0.277. The molecule has 5 heteroatoms. The standard InChI is InChI=1S/C10H11N3O2/c1-2-7-10(15)13-9-8(12-7)4-3-6(5-14)11-9/h3-4,14H,2,5H2,1H3,(H,11,13,15). The fraction of sp³-hybridized carbons (Fsp3) is 0.300. The van der Waals surface area contributed by atoms with Crippen LogP contribution in [0.15, 0.2) is 16.9 Å². The van der Waals surface area contributed by atoms with Crippen LogP contribution in [0.5, 0.6) is 0 Å². The Bertz CT molecular complexity index is 548. The summed E-state index contributed by atoms with van der Waals surface area (Å²) in [6.07, 6.45) is 0.590. The molecule has 0 fully saturated rings. The van der Waals surface area contributed by atoms with Gasteiger partial charge in [0.05, 0.1) is 12.3 Å². The van der Waals surface area contributed by atoms with E-state index in [1.807, 2.05) is 6.92 Å². The van der Waals surface area contributed by atoms with Crippen molar-refractivity contribution < 1.29 is 5.11 Å². The number of H-pyrrole nitrogens is 1. The quantitative estimate of drug-likeness (QED) is 0.742. The number of pyridine rings is 1. The van der Waals surface area contributed by atoms with Gasteiger partial charge in [0.2, 0.25) is 0 Å². The maximum absolute atomic E-state index is 11.4. The number of hydrogen-bond donors (Lipinski definition) is 2. The molecule has 2 rings (SSSR count). The molecule has 0 unspecified atom stereocenters. The zero-order valence-electron chi connectivity index (χ0n) is 8.32. The highest BCUT2D eigenvalue weighted by Crippen LogP contribution is 2.06. The molecule has 2 aromatic heterocycles. The molecule has 0 aliphatic heterocycles. The van der Waals surface area contributed by atoms with Crippen molar-refractivity contribution in [2.45, 2.75) is 20.0 Å². The van der Waals surface area contributed by atoms with Crippen LogP contribution in [-0.4, -0.2) is 20.1 Å². The molecule has 0 bridgehead atoms. The van der Waals surface area contributed by atoms with E-state index in [1.54, 1.807) is 12.1 Å². The van der Waals surface area contributed by atoms with Crippen molar-refractivity contribution in [1.29, 1.82) is 0 Å². The Labute approximate surface area is 85.8 Å². The average Bonchev–Trinajstić information content (AvgIpc) is 2.27. The first-order valence-electron chi connectivity index (χ1n) is 4.74. The third-order valence-electron chi connectivity index (χ3n) is 2.18. The van der Waals surface area contributed by atoms with Crippen LogP contribution in [-0.2, 0) is 13.0 Å². The van der Waals surface area contributed by atoms with E-state index in [9.17, 15) is 4.79 Å². The van der Waals surface area contributed by atoms with Crippen molar-refractivity contribution in [3.63, 3.8) is 0 Å². The Hall–Kier alpha value is -1.75. The molecule has 0 saturated carbocycles. The van der Waals surface area contributed by atoms with E-state index < -0.39 is 0 Å². The van der Waals surface area contributed by atoms with Gasteiger partial charge in [0.15, 0.2) is 5.65 Å². The lowest BCUT2D eigenvalue weighted by Gasteiger charge is -2.01. The molecule has 2 aromatic rings. The van der Waals surface area contributed by atoms with E-state index in [0.29, 0.717) is 29.0 Å². The first-order chi connectivity index (χ1) is 7.24. The number of aliphatic hydroxyl groups is 1. The van der Waals surface area contributed by atoms with E-state index in [0.717, 1.165) is 0 Å². The molecule has 2 heterocycles. The van der Waals surface area contributed by atoms with Gasteiger partial charge in [-0.15, -0.1) is 0 Å². The zero-order chi connectivity index (χ0) is 10.8. The first-order valence-corrected chi connectivity index (χ1v) is 4.74. The molecule has 15 heavy (non-hydrogen) atoms. The number of aliphatic hydroxyl groups excluding tert-OH is 1. The Balaban J connectivity index is 2.70. The molecular formula is C10H11N3O2. The Morgan fingerprint density at radius 1 is 1.40 bits per heavy atom. The third kappa shape index (κ3) is 1.73. The number of nitrogens with one attached hydrogen (secondary N) is 1. The van der Waals surface area contributed by atoms with Crippen LogP contribution in [0.4, 0.5) is 0 Å². The Kier molecular flexibility index (Phi) is 2.47. The predicted molar refractivity (Wildman–Crippen MR) is 55.5 cm³/mol. The summed E-state index contributed by atoms with van der Waals surface area (Å²) in [5.74, 6) is 0. The molecule has 5 nitrogen and oxygen atoms in total. The van der Waals surface area contributed by atoms with Crippen molar-refractivity contribution in [3.8, 4) is 0 Å². The van der Waals surface area contributed by atoms with Crippen molar-refractivity contribution in [2.24, 2.45) is 0 Å². The van der Waals surface area contributed by atoms with E-state index in [2.05, 4.69) is 15.0 Å². The van der Waals surface area contributed by atoms with Crippen molar-refractivity contribution in [2.75, 3.05) is 0 Å². The summed E-state index contributed by atoms with van der Waals surface area (Å²) in [6.45, 7) is 1.73. The lowest BCUT2D eigenvalue weighted by Crippen LogP contribution is -2.15. The highest BCUT2D eigenvalue weighted by atomic mass is 16.3. The Morgan fingerprint density at radius 3 is 2.87 bits per heavy atom. The van der Waals surface area contributed by atoms with Gasteiger partial charge < -0.3 is 10.1 Å². The Morgan fingerprint density at radius 2 is 2.20 bits per heavy atom. The predicted octanol–water partition coefficient (Wildman–Crippen LogP) is 0.373. The number of fused-ring (bicyclic) bond motifs is 1. The second kappa shape index (κ2) is 3.78. The molecule has 78 valence electrons. The smallest absolute Gasteiger partial charge is 0.271 e. The van der Waals surface area contributed by atoms with E-state index in [4.69, 9.17) is 5.11 Å². The number of rotatable bonds is 2.